The van der Waals surface area contributed by atoms with E-state index in [1.54, 1.807) is 36.7 Å². The van der Waals surface area contributed by atoms with Crippen molar-refractivity contribution in [3.05, 3.63) is 87.8 Å². The lowest BCUT2D eigenvalue weighted by molar-refractivity contribution is -0.142. The van der Waals surface area contributed by atoms with Gasteiger partial charge in [0.15, 0.2) is 0 Å². The molecule has 0 spiro atoms. The SMILES string of the molecule is COC(=O)C(C/C=C/C1=CC=C(N(c2ncccn2)C(C)C)C(C)C1)NC(=O)c1c(Cl)cccc1Cl. The molecule has 0 aliphatic heterocycles. The van der Waals surface area contributed by atoms with Crippen molar-refractivity contribution < 1.29 is 14.3 Å². The number of hydrogen-bond acceptors (Lipinski definition) is 6. The van der Waals surface area contributed by atoms with E-state index in [1.807, 2.05) is 12.2 Å². The second-order valence-electron chi connectivity index (χ2n) is 8.73. The van der Waals surface area contributed by atoms with Crippen LogP contribution in [-0.4, -0.2) is 41.0 Å². The van der Waals surface area contributed by atoms with Crippen LogP contribution in [0.3, 0.4) is 0 Å². The highest BCUT2D eigenvalue weighted by Crippen LogP contribution is 2.31. The Morgan fingerprint density at radius 3 is 2.42 bits per heavy atom. The summed E-state index contributed by atoms with van der Waals surface area (Å²) in [5.41, 5.74) is 2.37. The van der Waals surface area contributed by atoms with Crippen LogP contribution in [0.2, 0.25) is 10.0 Å². The van der Waals surface area contributed by atoms with Crippen LogP contribution in [0.5, 0.6) is 0 Å². The van der Waals surface area contributed by atoms with E-state index in [1.165, 1.54) is 7.11 Å². The third-order valence-corrected chi connectivity index (χ3v) is 6.39. The van der Waals surface area contributed by atoms with Gasteiger partial charge in [-0.05, 0) is 56.5 Å². The molecule has 0 saturated carbocycles. The monoisotopic (exact) mass is 528 g/mol. The highest BCUT2D eigenvalue weighted by Gasteiger charge is 2.26. The van der Waals surface area contributed by atoms with Crippen LogP contribution in [0.25, 0.3) is 0 Å². The van der Waals surface area contributed by atoms with E-state index in [-0.39, 0.29) is 34.0 Å². The maximum atomic E-state index is 12.8. The number of amides is 1. The number of nitrogens with one attached hydrogen (secondary N) is 1. The average Bonchev–Trinajstić information content (AvgIpc) is 2.84. The minimum Gasteiger partial charge on any atom is -0.467 e. The summed E-state index contributed by atoms with van der Waals surface area (Å²) in [6, 6.07) is 5.90. The molecule has 1 N–H and O–H groups in total. The van der Waals surface area contributed by atoms with Gasteiger partial charge < -0.3 is 15.0 Å². The van der Waals surface area contributed by atoms with Crippen molar-refractivity contribution in [3.8, 4) is 0 Å². The Hall–Kier alpha value is -3.16. The number of methoxy groups -OCH3 is 1. The van der Waals surface area contributed by atoms with Crippen LogP contribution in [0.4, 0.5) is 5.95 Å². The van der Waals surface area contributed by atoms with Crippen molar-refractivity contribution in [1.82, 2.24) is 15.3 Å². The lowest BCUT2D eigenvalue weighted by atomic mass is 9.91. The number of benzene rings is 1. The van der Waals surface area contributed by atoms with Gasteiger partial charge in [0.05, 0.1) is 22.7 Å². The lowest BCUT2D eigenvalue weighted by Crippen LogP contribution is -2.41. The Kier molecular flexibility index (Phi) is 9.67. The van der Waals surface area contributed by atoms with Crippen LogP contribution in [0, 0.1) is 5.92 Å². The molecule has 2 unspecified atom stereocenters. The first kappa shape index (κ1) is 27.4. The van der Waals surface area contributed by atoms with Crippen LogP contribution in [0.15, 0.2) is 72.2 Å². The van der Waals surface area contributed by atoms with Gasteiger partial charge in [-0.25, -0.2) is 14.8 Å². The molecule has 1 amide bonds. The largest absolute Gasteiger partial charge is 0.467 e. The van der Waals surface area contributed by atoms with E-state index in [4.69, 9.17) is 27.9 Å². The van der Waals surface area contributed by atoms with Crippen molar-refractivity contribution in [2.75, 3.05) is 12.0 Å². The summed E-state index contributed by atoms with van der Waals surface area (Å²) < 4.78 is 4.88. The Morgan fingerprint density at radius 1 is 1.17 bits per heavy atom. The molecular formula is C27H30Cl2N4O3. The zero-order chi connectivity index (χ0) is 26.2. The van der Waals surface area contributed by atoms with Gasteiger partial charge in [-0.3, -0.25) is 4.79 Å². The highest BCUT2D eigenvalue weighted by molar-refractivity contribution is 6.39. The van der Waals surface area contributed by atoms with E-state index >= 15 is 0 Å². The molecule has 1 aromatic carbocycles. The normalized spacial score (nSPS) is 16.4. The maximum Gasteiger partial charge on any atom is 0.328 e. The second-order valence-corrected chi connectivity index (χ2v) is 9.55. The fourth-order valence-electron chi connectivity index (χ4n) is 4.04. The quantitative estimate of drug-likeness (QED) is 0.416. The molecule has 3 rings (SSSR count). The maximum absolute atomic E-state index is 12.8. The summed E-state index contributed by atoms with van der Waals surface area (Å²) in [5, 5.41) is 3.09. The first-order chi connectivity index (χ1) is 17.2. The number of hydrogen-bond donors (Lipinski definition) is 1. The van der Waals surface area contributed by atoms with Crippen LogP contribution >= 0.6 is 23.2 Å². The number of carbonyl (C=O) groups excluding carboxylic acids is 2. The minimum absolute atomic E-state index is 0.122. The molecule has 1 aromatic heterocycles. The Balaban J connectivity index is 1.73. The van der Waals surface area contributed by atoms with Crippen molar-refractivity contribution in [3.63, 3.8) is 0 Å². The molecule has 36 heavy (non-hydrogen) atoms. The topological polar surface area (TPSA) is 84.4 Å². The van der Waals surface area contributed by atoms with Crippen LogP contribution < -0.4 is 10.2 Å². The van der Waals surface area contributed by atoms with E-state index in [2.05, 4.69) is 53.1 Å². The molecule has 9 heteroatoms. The standard InChI is InChI=1S/C27H30Cl2N4O3/c1-17(2)33(27-30-14-7-15-31-27)23-13-12-19(16-18(23)3)8-5-11-22(26(35)36-4)32-25(34)24-20(28)9-6-10-21(24)29/h5-10,12-15,17-18,22H,11,16H2,1-4H3,(H,32,34)/b8-5+. The predicted molar refractivity (Wildman–Crippen MR) is 143 cm³/mol. The number of aromatic nitrogens is 2. The second kappa shape index (κ2) is 12.7. The summed E-state index contributed by atoms with van der Waals surface area (Å²) in [5.74, 6) is -0.184. The summed E-state index contributed by atoms with van der Waals surface area (Å²) in [7, 11) is 1.28. The molecule has 7 nitrogen and oxygen atoms in total. The molecule has 1 aliphatic rings. The summed E-state index contributed by atoms with van der Waals surface area (Å²) in [6.07, 6.45) is 12.5. The molecule has 1 heterocycles. The van der Waals surface area contributed by atoms with E-state index in [0.29, 0.717) is 5.95 Å². The van der Waals surface area contributed by atoms with E-state index in [9.17, 15) is 9.59 Å². The number of carbonyl (C=O) groups is 2. The van der Waals surface area contributed by atoms with Gasteiger partial charge in [0.25, 0.3) is 5.91 Å². The van der Waals surface area contributed by atoms with Gasteiger partial charge in [0.2, 0.25) is 5.95 Å². The molecule has 190 valence electrons. The fourth-order valence-corrected chi connectivity index (χ4v) is 4.61. The number of rotatable bonds is 9. The Bertz CT molecular complexity index is 1160. The van der Waals surface area contributed by atoms with E-state index < -0.39 is 17.9 Å². The number of ether oxygens (including phenoxy) is 1. The van der Waals surface area contributed by atoms with Gasteiger partial charge in [0, 0.05) is 30.1 Å². The number of esters is 1. The smallest absolute Gasteiger partial charge is 0.328 e. The summed E-state index contributed by atoms with van der Waals surface area (Å²) in [6.45, 7) is 6.38. The van der Waals surface area contributed by atoms with Gasteiger partial charge in [0.1, 0.15) is 6.04 Å². The van der Waals surface area contributed by atoms with Gasteiger partial charge >= 0.3 is 5.97 Å². The van der Waals surface area contributed by atoms with Crippen LogP contribution in [-0.2, 0) is 9.53 Å². The highest BCUT2D eigenvalue weighted by atomic mass is 35.5. The van der Waals surface area contributed by atoms with Crippen LogP contribution in [0.1, 0.15) is 44.0 Å². The molecular weight excluding hydrogens is 499 g/mol. The first-order valence-corrected chi connectivity index (χ1v) is 12.4. The number of nitrogens with zero attached hydrogens (tertiary/aromatic N) is 3. The third-order valence-electron chi connectivity index (χ3n) is 5.76. The third kappa shape index (κ3) is 6.74. The summed E-state index contributed by atoms with van der Waals surface area (Å²) in [4.78, 5) is 36.1. The minimum atomic E-state index is -0.884. The number of halogens is 2. The molecule has 0 radical (unpaired) electrons. The molecule has 0 saturated heterocycles. The molecule has 1 aliphatic carbocycles. The van der Waals surface area contributed by atoms with E-state index in [0.717, 1.165) is 17.7 Å². The lowest BCUT2D eigenvalue weighted by Gasteiger charge is -2.34. The Morgan fingerprint density at radius 2 is 1.83 bits per heavy atom. The first-order valence-electron chi connectivity index (χ1n) is 11.7. The molecule has 2 atom stereocenters. The van der Waals surface area contributed by atoms with Crippen molar-refractivity contribution in [1.29, 1.82) is 0 Å². The van der Waals surface area contributed by atoms with Crippen molar-refractivity contribution >= 4 is 41.0 Å². The zero-order valence-corrected chi connectivity index (χ0v) is 22.3. The number of anilines is 1. The zero-order valence-electron chi connectivity index (χ0n) is 20.7. The summed E-state index contributed by atoms with van der Waals surface area (Å²) >= 11 is 12.3. The fraction of sp³-hybridized carbons (Fsp3) is 0.333. The van der Waals surface area contributed by atoms with Gasteiger partial charge in [-0.1, -0.05) is 54.4 Å². The predicted octanol–water partition coefficient (Wildman–Crippen LogP) is 5.77. The Labute approximate surface area is 221 Å². The number of allylic oxidation sites excluding steroid dienone is 5. The van der Waals surface area contributed by atoms with Crippen molar-refractivity contribution in [2.24, 2.45) is 5.92 Å². The molecule has 0 fully saturated rings. The molecule has 2 aromatic rings. The average molecular weight is 529 g/mol. The van der Waals surface area contributed by atoms with Crippen molar-refractivity contribution in [2.45, 2.75) is 45.7 Å². The van der Waals surface area contributed by atoms with Gasteiger partial charge in [-0.2, -0.15) is 0 Å². The van der Waals surface area contributed by atoms with Gasteiger partial charge in [-0.15, -0.1) is 0 Å². The molecule has 0 bridgehead atoms.